The molecule has 1 fully saturated rings. The van der Waals surface area contributed by atoms with E-state index in [0.29, 0.717) is 54.4 Å². The van der Waals surface area contributed by atoms with Gasteiger partial charge in [-0.3, -0.25) is 9.59 Å². The third kappa shape index (κ3) is 4.90. The highest BCUT2D eigenvalue weighted by Crippen LogP contribution is 2.46. The molecule has 5 N–H and O–H groups in total. The van der Waals surface area contributed by atoms with Crippen LogP contribution in [-0.2, 0) is 12.8 Å². The number of hydrogen-bond acceptors (Lipinski definition) is 7. The van der Waals surface area contributed by atoms with Gasteiger partial charge in [-0.2, -0.15) is 5.10 Å². The summed E-state index contributed by atoms with van der Waals surface area (Å²) in [5.41, 5.74) is 9.05. The number of benzene rings is 2. The maximum atomic E-state index is 13.7. The zero-order chi connectivity index (χ0) is 31.4. The van der Waals surface area contributed by atoms with Gasteiger partial charge in [-0.15, -0.1) is 0 Å². The molecule has 1 aliphatic carbocycles. The van der Waals surface area contributed by atoms with Crippen LogP contribution in [0.1, 0.15) is 45.8 Å². The average molecular weight is 619 g/mol. The minimum absolute atomic E-state index is 0.109. The van der Waals surface area contributed by atoms with Gasteiger partial charge >= 0.3 is 0 Å². The highest BCUT2D eigenvalue weighted by molar-refractivity contribution is 6.34. The van der Waals surface area contributed by atoms with E-state index in [1.54, 1.807) is 28.9 Å². The second-order valence-corrected chi connectivity index (χ2v) is 12.5. The van der Waals surface area contributed by atoms with E-state index in [-0.39, 0.29) is 29.5 Å². The minimum Gasteiger partial charge on any atom is -0.396 e. The third-order valence-electron chi connectivity index (χ3n) is 9.20. The quantitative estimate of drug-likeness (QED) is 0.245. The van der Waals surface area contributed by atoms with Crippen molar-refractivity contribution in [2.75, 3.05) is 36.5 Å². The number of amides is 2. The Morgan fingerprint density at radius 2 is 1.73 bits per heavy atom. The summed E-state index contributed by atoms with van der Waals surface area (Å²) in [5, 5.41) is 27.8. The molecule has 44 heavy (non-hydrogen) atoms. The lowest BCUT2D eigenvalue weighted by Crippen LogP contribution is -2.41. The van der Waals surface area contributed by atoms with Crippen molar-refractivity contribution in [2.24, 2.45) is 16.6 Å². The van der Waals surface area contributed by atoms with E-state index in [2.05, 4.69) is 15.4 Å². The van der Waals surface area contributed by atoms with E-state index in [1.165, 1.54) is 18.3 Å². The van der Waals surface area contributed by atoms with Gasteiger partial charge in [0, 0.05) is 46.9 Å². The predicted molar refractivity (Wildman–Crippen MR) is 165 cm³/mol. The molecule has 4 aromatic rings. The number of aryl methyl sites for hydroxylation is 1. The first-order valence-electron chi connectivity index (χ1n) is 14.2. The van der Waals surface area contributed by atoms with Crippen LogP contribution in [0.5, 0.6) is 0 Å². The Labute approximate surface area is 258 Å². The minimum atomic E-state index is -0.658. The first-order valence-corrected chi connectivity index (χ1v) is 14.6. The van der Waals surface area contributed by atoms with Gasteiger partial charge in [-0.25, -0.2) is 14.1 Å². The van der Waals surface area contributed by atoms with Crippen molar-refractivity contribution < 1.29 is 24.2 Å². The molecule has 0 unspecified atom stereocenters. The van der Waals surface area contributed by atoms with Gasteiger partial charge in [0.1, 0.15) is 11.6 Å². The summed E-state index contributed by atoms with van der Waals surface area (Å²) < 4.78 is 15.3. The summed E-state index contributed by atoms with van der Waals surface area (Å²) in [7, 11) is 0. The maximum absolute atomic E-state index is 13.7. The Kier molecular flexibility index (Phi) is 7.43. The maximum Gasteiger partial charge on any atom is 0.269 e. The first kappa shape index (κ1) is 29.7. The number of fused-ring (bicyclic) bond motifs is 3. The largest absolute Gasteiger partial charge is 0.396 e. The number of carbonyl (C=O) groups excluding carboxylic acids is 2. The summed E-state index contributed by atoms with van der Waals surface area (Å²) in [6.45, 7) is 4.51. The molecule has 2 aliphatic rings. The van der Waals surface area contributed by atoms with E-state index in [0.717, 1.165) is 11.1 Å². The van der Waals surface area contributed by atoms with Gasteiger partial charge in [0.15, 0.2) is 5.69 Å². The fraction of sp³-hybridized carbons (Fsp3) is 0.312. The van der Waals surface area contributed by atoms with Gasteiger partial charge in [0.2, 0.25) is 0 Å². The van der Waals surface area contributed by atoms with Crippen LogP contribution in [0.2, 0.25) is 5.02 Å². The van der Waals surface area contributed by atoms with Crippen LogP contribution in [0.4, 0.5) is 15.9 Å². The highest BCUT2D eigenvalue weighted by Gasteiger charge is 2.51. The molecule has 0 saturated carbocycles. The number of anilines is 2. The molecule has 0 spiro atoms. The number of nitrogens with zero attached hydrogens (tertiary/aromatic N) is 4. The Bertz CT molecular complexity index is 1780. The van der Waals surface area contributed by atoms with Crippen LogP contribution in [0.15, 0.2) is 54.7 Å². The van der Waals surface area contributed by atoms with Crippen molar-refractivity contribution in [1.82, 2.24) is 14.8 Å². The number of hydrogen-bond donors (Lipinski definition) is 4. The number of carbonyl (C=O) groups is 2. The van der Waals surface area contributed by atoms with Gasteiger partial charge in [-0.1, -0.05) is 31.5 Å². The lowest BCUT2D eigenvalue weighted by Gasteiger charge is -2.36. The zero-order valence-corrected chi connectivity index (χ0v) is 25.0. The fourth-order valence-electron chi connectivity index (χ4n) is 6.18. The van der Waals surface area contributed by atoms with E-state index in [1.807, 2.05) is 30.9 Å². The summed E-state index contributed by atoms with van der Waals surface area (Å²) in [5.74, 6) is -1.00. The molecule has 2 amide bonds. The van der Waals surface area contributed by atoms with Crippen LogP contribution >= 0.6 is 11.6 Å². The number of aliphatic hydroxyl groups excluding tert-OH is 2. The number of nitrogens with two attached hydrogens (primary N) is 1. The zero-order valence-electron chi connectivity index (χ0n) is 24.3. The normalized spacial score (nSPS) is 20.7. The molecular weight excluding hydrogens is 587 g/mol. The number of aliphatic hydroxyl groups is 2. The molecule has 2 aromatic carbocycles. The van der Waals surface area contributed by atoms with E-state index < -0.39 is 28.5 Å². The average Bonchev–Trinajstić information content (AvgIpc) is 3.54. The summed E-state index contributed by atoms with van der Waals surface area (Å²) in [6, 6.07) is 12.9. The number of halogens is 2. The fourth-order valence-corrected chi connectivity index (χ4v) is 6.37. The van der Waals surface area contributed by atoms with Crippen LogP contribution < -0.4 is 16.0 Å². The number of aromatic nitrogens is 3. The Balaban J connectivity index is 1.33. The van der Waals surface area contributed by atoms with Gasteiger partial charge in [0.05, 0.1) is 35.2 Å². The molecule has 3 heterocycles. The van der Waals surface area contributed by atoms with Crippen molar-refractivity contribution in [2.45, 2.75) is 26.7 Å². The van der Waals surface area contributed by atoms with Crippen LogP contribution in [0, 0.1) is 16.6 Å². The van der Waals surface area contributed by atoms with Crippen molar-refractivity contribution in [1.29, 1.82) is 0 Å². The molecule has 0 bridgehead atoms. The molecule has 10 nitrogen and oxygen atoms in total. The first-order chi connectivity index (χ1) is 21.0. The second-order valence-electron chi connectivity index (χ2n) is 12.1. The standard InChI is InChI=1S/C32H32ClFN6O4/c1-31(16-41)14-39(15-32(31,2)17-42)26-12-24(25(33)13-36-26)30(44)37-20-7-3-18-4-10-22-27(29(35)43)38-40(28(22)23(18)11-20)21-8-5-19(34)6-9-21/h3,5-9,11-13,41-42H,4,10,14-17H2,1-2H3,(H2,35,43)(H,37,44)/t31-,32+. The number of rotatable bonds is 7. The molecule has 228 valence electrons. The van der Waals surface area contributed by atoms with Gasteiger partial charge in [0.25, 0.3) is 11.8 Å². The van der Waals surface area contributed by atoms with Crippen LogP contribution in [0.3, 0.4) is 0 Å². The second kappa shape index (κ2) is 11.0. The number of pyridine rings is 1. The Morgan fingerprint density at radius 1 is 1.05 bits per heavy atom. The molecule has 0 radical (unpaired) electrons. The molecule has 12 heteroatoms. The van der Waals surface area contributed by atoms with Crippen molar-refractivity contribution in [3.8, 4) is 16.9 Å². The molecule has 6 rings (SSSR count). The molecule has 1 saturated heterocycles. The Morgan fingerprint density at radius 3 is 2.36 bits per heavy atom. The smallest absolute Gasteiger partial charge is 0.269 e. The summed E-state index contributed by atoms with van der Waals surface area (Å²) in [6.07, 6.45) is 2.60. The van der Waals surface area contributed by atoms with Crippen molar-refractivity contribution in [3.05, 3.63) is 88.0 Å². The van der Waals surface area contributed by atoms with Gasteiger partial charge in [-0.05, 0) is 60.9 Å². The monoisotopic (exact) mass is 618 g/mol. The predicted octanol–water partition coefficient (Wildman–Crippen LogP) is 3.99. The Hall–Kier alpha value is -4.32. The summed E-state index contributed by atoms with van der Waals surface area (Å²) in [4.78, 5) is 32.2. The van der Waals surface area contributed by atoms with Crippen molar-refractivity contribution >= 4 is 34.9 Å². The molecule has 1 aliphatic heterocycles. The number of primary amides is 1. The third-order valence-corrected chi connectivity index (χ3v) is 9.50. The lowest BCUT2D eigenvalue weighted by atomic mass is 9.69. The van der Waals surface area contributed by atoms with Gasteiger partial charge < -0.3 is 26.2 Å². The lowest BCUT2D eigenvalue weighted by molar-refractivity contribution is 0.00976. The molecule has 2 atom stereocenters. The SMILES string of the molecule is C[C@]1(CO)CN(c2cc(C(=O)Nc3ccc4c(c3)-c3c(c(C(N)=O)nn3-c3ccc(F)cc3)CC4)c(Cl)cn2)C[C@@]1(C)CO. The molecule has 2 aromatic heterocycles. The number of nitrogens with one attached hydrogen (secondary N) is 1. The summed E-state index contributed by atoms with van der Waals surface area (Å²) >= 11 is 6.44. The highest BCUT2D eigenvalue weighted by atomic mass is 35.5. The van der Waals surface area contributed by atoms with E-state index in [4.69, 9.17) is 17.3 Å². The van der Waals surface area contributed by atoms with E-state index in [9.17, 15) is 24.2 Å². The molecular formula is C32H32ClFN6O4. The van der Waals surface area contributed by atoms with Crippen LogP contribution in [0.25, 0.3) is 16.9 Å². The van der Waals surface area contributed by atoms with Crippen molar-refractivity contribution in [3.63, 3.8) is 0 Å². The van der Waals surface area contributed by atoms with E-state index >= 15 is 0 Å². The topological polar surface area (TPSA) is 147 Å². The van der Waals surface area contributed by atoms with Crippen LogP contribution in [-0.4, -0.2) is 63.1 Å².